The molecule has 1 heterocycles. The number of likely N-dealkylation sites (tertiary alicyclic amines) is 1. The van der Waals surface area contributed by atoms with Crippen molar-refractivity contribution >= 4 is 5.78 Å². The molecule has 94 valence electrons. The molecule has 0 bridgehead atoms. The molecule has 0 spiro atoms. The van der Waals surface area contributed by atoms with E-state index >= 15 is 0 Å². The average Bonchev–Trinajstić information content (AvgIpc) is 2.38. The maximum Gasteiger partial charge on any atom is 0.139 e. The lowest BCUT2D eigenvalue weighted by atomic mass is 9.89. The van der Waals surface area contributed by atoms with Crippen LogP contribution < -0.4 is 0 Å². The first kappa shape index (κ1) is 13.7. The second-order valence-electron chi connectivity index (χ2n) is 6.30. The Balaban J connectivity index is 2.29. The van der Waals surface area contributed by atoms with E-state index in [9.17, 15) is 4.79 Å². The number of hydrogen-bond acceptors (Lipinski definition) is 2. The second kappa shape index (κ2) is 5.81. The van der Waals surface area contributed by atoms with Crippen LogP contribution in [-0.2, 0) is 4.79 Å². The monoisotopic (exact) mass is 225 g/mol. The molecule has 0 aromatic rings. The van der Waals surface area contributed by atoms with Crippen molar-refractivity contribution in [1.29, 1.82) is 0 Å². The fraction of sp³-hybridized carbons (Fsp3) is 0.929. The summed E-state index contributed by atoms with van der Waals surface area (Å²) in [6, 6.07) is 0. The molecule has 2 nitrogen and oxygen atoms in total. The molecule has 0 aromatic carbocycles. The lowest BCUT2D eigenvalue weighted by molar-refractivity contribution is -0.126. The predicted molar refractivity (Wildman–Crippen MR) is 68.5 cm³/mol. The number of rotatable bonds is 3. The summed E-state index contributed by atoms with van der Waals surface area (Å²) in [5, 5.41) is 0. The van der Waals surface area contributed by atoms with Crippen LogP contribution in [0.3, 0.4) is 0 Å². The highest BCUT2D eigenvalue weighted by molar-refractivity contribution is 5.83. The summed E-state index contributed by atoms with van der Waals surface area (Å²) in [6.45, 7) is 11.7. The maximum absolute atomic E-state index is 11.8. The van der Waals surface area contributed by atoms with E-state index in [1.807, 2.05) is 20.8 Å². The third-order valence-corrected chi connectivity index (χ3v) is 3.60. The van der Waals surface area contributed by atoms with Gasteiger partial charge in [-0.25, -0.2) is 0 Å². The van der Waals surface area contributed by atoms with Gasteiger partial charge in [-0.2, -0.15) is 0 Å². The average molecular weight is 225 g/mol. The van der Waals surface area contributed by atoms with Crippen molar-refractivity contribution in [3.8, 4) is 0 Å². The van der Waals surface area contributed by atoms with Gasteiger partial charge >= 0.3 is 0 Å². The zero-order chi connectivity index (χ0) is 12.2. The minimum Gasteiger partial charge on any atom is -0.303 e. The van der Waals surface area contributed by atoms with Crippen LogP contribution in [0, 0.1) is 11.3 Å². The topological polar surface area (TPSA) is 20.3 Å². The second-order valence-corrected chi connectivity index (χ2v) is 6.30. The van der Waals surface area contributed by atoms with Crippen molar-refractivity contribution in [3.05, 3.63) is 0 Å². The Morgan fingerprint density at radius 2 is 1.94 bits per heavy atom. The highest BCUT2D eigenvalue weighted by Gasteiger charge is 2.22. The molecule has 1 atom stereocenters. The molecule has 0 saturated carbocycles. The molecule has 0 aromatic heterocycles. The Hall–Kier alpha value is -0.370. The summed E-state index contributed by atoms with van der Waals surface area (Å²) in [4.78, 5) is 14.3. The summed E-state index contributed by atoms with van der Waals surface area (Å²) in [5.41, 5.74) is -0.168. The third-order valence-electron chi connectivity index (χ3n) is 3.60. The van der Waals surface area contributed by atoms with Gasteiger partial charge in [0.25, 0.3) is 0 Å². The van der Waals surface area contributed by atoms with Crippen LogP contribution in [0.25, 0.3) is 0 Å². The van der Waals surface area contributed by atoms with Gasteiger partial charge in [-0.1, -0.05) is 27.7 Å². The van der Waals surface area contributed by atoms with Crippen molar-refractivity contribution in [3.63, 3.8) is 0 Å². The van der Waals surface area contributed by atoms with Crippen LogP contribution in [0.15, 0.2) is 0 Å². The largest absolute Gasteiger partial charge is 0.303 e. The summed E-state index contributed by atoms with van der Waals surface area (Å²) in [5.74, 6) is 1.26. The van der Waals surface area contributed by atoms with Crippen LogP contribution in [0.5, 0.6) is 0 Å². The molecule has 1 aliphatic rings. The van der Waals surface area contributed by atoms with E-state index in [0.717, 1.165) is 18.9 Å². The lowest BCUT2D eigenvalue weighted by Gasteiger charge is -2.22. The Morgan fingerprint density at radius 1 is 1.25 bits per heavy atom. The van der Waals surface area contributed by atoms with Crippen molar-refractivity contribution in [2.24, 2.45) is 11.3 Å². The molecule has 0 radical (unpaired) electrons. The lowest BCUT2D eigenvalue weighted by Crippen LogP contribution is -2.30. The number of nitrogens with zero attached hydrogens (tertiary/aromatic N) is 1. The molecular formula is C14H27NO. The normalized spacial score (nSPS) is 24.1. The first-order chi connectivity index (χ1) is 7.39. The molecule has 1 saturated heterocycles. The Morgan fingerprint density at radius 3 is 2.56 bits per heavy atom. The Kier molecular flexibility index (Phi) is 4.97. The van der Waals surface area contributed by atoms with Crippen molar-refractivity contribution in [2.45, 2.75) is 53.4 Å². The first-order valence-electron chi connectivity index (χ1n) is 6.65. The van der Waals surface area contributed by atoms with Crippen molar-refractivity contribution in [1.82, 2.24) is 4.90 Å². The summed E-state index contributed by atoms with van der Waals surface area (Å²) < 4.78 is 0. The van der Waals surface area contributed by atoms with Crippen LogP contribution >= 0.6 is 0 Å². The van der Waals surface area contributed by atoms with Gasteiger partial charge < -0.3 is 4.90 Å². The van der Waals surface area contributed by atoms with E-state index in [2.05, 4.69) is 11.8 Å². The Labute approximate surface area is 100 Å². The highest BCUT2D eigenvalue weighted by Crippen LogP contribution is 2.19. The summed E-state index contributed by atoms with van der Waals surface area (Å²) in [7, 11) is 0. The predicted octanol–water partition coefficient (Wildman–Crippen LogP) is 3.11. The van der Waals surface area contributed by atoms with E-state index in [1.54, 1.807) is 0 Å². The van der Waals surface area contributed by atoms with Gasteiger partial charge in [-0.05, 0) is 38.3 Å². The maximum atomic E-state index is 11.8. The van der Waals surface area contributed by atoms with Gasteiger partial charge in [0, 0.05) is 18.4 Å². The number of carbonyl (C=O) groups excluding carboxylic acids is 1. The van der Waals surface area contributed by atoms with E-state index in [1.165, 1.54) is 32.4 Å². The molecule has 1 rings (SSSR count). The molecule has 0 amide bonds. The number of hydrogen-bond donors (Lipinski definition) is 0. The molecule has 16 heavy (non-hydrogen) atoms. The van der Waals surface area contributed by atoms with E-state index in [0.29, 0.717) is 5.78 Å². The zero-order valence-electron chi connectivity index (χ0n) is 11.4. The van der Waals surface area contributed by atoms with E-state index < -0.39 is 0 Å². The van der Waals surface area contributed by atoms with Crippen LogP contribution in [0.4, 0.5) is 0 Å². The minimum absolute atomic E-state index is 0.168. The Bertz CT molecular complexity index is 229. The molecule has 1 unspecified atom stereocenters. The molecule has 0 aliphatic carbocycles. The SMILES string of the molecule is CC1CCCN(CCC(=O)C(C)(C)C)CC1. The van der Waals surface area contributed by atoms with Crippen LogP contribution in [0.2, 0.25) is 0 Å². The third kappa shape index (κ3) is 4.65. The first-order valence-corrected chi connectivity index (χ1v) is 6.65. The fourth-order valence-corrected chi connectivity index (χ4v) is 2.18. The van der Waals surface area contributed by atoms with Crippen molar-refractivity contribution < 1.29 is 4.79 Å². The van der Waals surface area contributed by atoms with E-state index in [-0.39, 0.29) is 5.41 Å². The molecule has 2 heteroatoms. The quantitative estimate of drug-likeness (QED) is 0.735. The van der Waals surface area contributed by atoms with Gasteiger partial charge in [0.15, 0.2) is 0 Å². The molecule has 1 fully saturated rings. The van der Waals surface area contributed by atoms with Gasteiger partial charge in [0.05, 0.1) is 0 Å². The number of Topliss-reactive ketones (excluding diaryl/α,β-unsaturated/α-hetero) is 1. The van der Waals surface area contributed by atoms with Crippen LogP contribution in [0.1, 0.15) is 53.4 Å². The number of carbonyl (C=O) groups is 1. The zero-order valence-corrected chi connectivity index (χ0v) is 11.4. The smallest absolute Gasteiger partial charge is 0.139 e. The minimum atomic E-state index is -0.168. The highest BCUT2D eigenvalue weighted by atomic mass is 16.1. The standard InChI is InChI=1S/C14H27NO/c1-12-6-5-9-15(10-7-12)11-8-13(16)14(2,3)4/h12H,5-11H2,1-4H3. The van der Waals surface area contributed by atoms with Gasteiger partial charge in [-0.15, -0.1) is 0 Å². The molecule has 1 aliphatic heterocycles. The van der Waals surface area contributed by atoms with Crippen LogP contribution in [-0.4, -0.2) is 30.3 Å². The summed E-state index contributed by atoms with van der Waals surface area (Å²) >= 11 is 0. The fourth-order valence-electron chi connectivity index (χ4n) is 2.18. The van der Waals surface area contributed by atoms with E-state index in [4.69, 9.17) is 0 Å². The summed E-state index contributed by atoms with van der Waals surface area (Å²) in [6.07, 6.45) is 4.66. The van der Waals surface area contributed by atoms with Gasteiger partial charge in [0.2, 0.25) is 0 Å². The van der Waals surface area contributed by atoms with Gasteiger partial charge in [-0.3, -0.25) is 4.79 Å². The van der Waals surface area contributed by atoms with Gasteiger partial charge in [0.1, 0.15) is 5.78 Å². The molecular weight excluding hydrogens is 198 g/mol. The number of ketones is 1. The molecule has 0 N–H and O–H groups in total. The van der Waals surface area contributed by atoms with Crippen molar-refractivity contribution in [2.75, 3.05) is 19.6 Å².